The second-order valence-corrected chi connectivity index (χ2v) is 5.64. The van der Waals surface area contributed by atoms with Crippen LogP contribution >= 0.6 is 0 Å². The summed E-state index contributed by atoms with van der Waals surface area (Å²) in [5, 5.41) is 0. The largest absolute Gasteiger partial charge is 0.101 e. The molecule has 3 saturated carbocycles. The summed E-state index contributed by atoms with van der Waals surface area (Å²) in [6.45, 7) is 0. The first-order chi connectivity index (χ1) is 6.42. The highest BCUT2D eigenvalue weighted by Crippen LogP contribution is 2.70. The van der Waals surface area contributed by atoms with Gasteiger partial charge < -0.3 is 0 Å². The van der Waals surface area contributed by atoms with Gasteiger partial charge in [0.1, 0.15) is 7.85 Å². The quantitative estimate of drug-likeness (QED) is 0.456. The van der Waals surface area contributed by atoms with Crippen molar-refractivity contribution < 1.29 is 0 Å². The van der Waals surface area contributed by atoms with Crippen molar-refractivity contribution in [1.29, 1.82) is 0 Å². The maximum atomic E-state index is 2.31. The van der Waals surface area contributed by atoms with Crippen LogP contribution in [0.3, 0.4) is 0 Å². The minimum Gasteiger partial charge on any atom is -0.0811 e. The summed E-state index contributed by atoms with van der Waals surface area (Å²) in [4.78, 5) is 0. The zero-order chi connectivity index (χ0) is 8.84. The van der Waals surface area contributed by atoms with Gasteiger partial charge in [0.15, 0.2) is 0 Å². The Bertz CT molecular complexity index is 195. The third-order valence-corrected chi connectivity index (χ3v) is 5.22. The van der Waals surface area contributed by atoms with Crippen LogP contribution in [0, 0.1) is 29.6 Å². The van der Waals surface area contributed by atoms with Gasteiger partial charge >= 0.3 is 0 Å². The van der Waals surface area contributed by atoms with E-state index in [1.807, 2.05) is 0 Å². The van der Waals surface area contributed by atoms with E-state index in [1.54, 1.807) is 25.7 Å². The molecule has 0 heterocycles. The standard InChI is InChI=1S/C12H21B/c13-6-2-1-3-8-7-11-9-4-5-10(9)12(8)11/h8-12H,1-7,13H2. The van der Waals surface area contributed by atoms with Gasteiger partial charge in [-0.25, -0.2) is 0 Å². The molecule has 0 aromatic carbocycles. The molecule has 72 valence electrons. The van der Waals surface area contributed by atoms with Gasteiger partial charge in [0, 0.05) is 0 Å². The van der Waals surface area contributed by atoms with E-state index in [0.29, 0.717) is 0 Å². The smallest absolute Gasteiger partial charge is 0.0811 e. The second-order valence-electron chi connectivity index (χ2n) is 5.64. The van der Waals surface area contributed by atoms with Crippen molar-refractivity contribution in [3.05, 3.63) is 0 Å². The highest BCUT2D eigenvalue weighted by atomic mass is 14.7. The molecule has 0 bridgehead atoms. The lowest BCUT2D eigenvalue weighted by atomic mass is 9.36. The summed E-state index contributed by atoms with van der Waals surface area (Å²) in [5.74, 6) is 6.09. The molecule has 13 heavy (non-hydrogen) atoms. The van der Waals surface area contributed by atoms with Gasteiger partial charge in [-0.2, -0.15) is 0 Å². The van der Waals surface area contributed by atoms with Gasteiger partial charge in [0.25, 0.3) is 0 Å². The van der Waals surface area contributed by atoms with E-state index in [0.717, 1.165) is 0 Å². The summed E-state index contributed by atoms with van der Waals surface area (Å²) >= 11 is 0. The number of fused-ring (bicyclic) bond motifs is 4. The van der Waals surface area contributed by atoms with Crippen LogP contribution < -0.4 is 0 Å². The second kappa shape index (κ2) is 3.03. The molecule has 0 nitrogen and oxygen atoms in total. The van der Waals surface area contributed by atoms with Crippen molar-refractivity contribution in [3.63, 3.8) is 0 Å². The molecule has 0 N–H and O–H groups in total. The van der Waals surface area contributed by atoms with Crippen molar-refractivity contribution >= 4 is 7.85 Å². The predicted molar refractivity (Wildman–Crippen MR) is 58.5 cm³/mol. The fourth-order valence-corrected chi connectivity index (χ4v) is 4.33. The maximum absolute atomic E-state index is 2.31. The van der Waals surface area contributed by atoms with Gasteiger partial charge in [-0.15, -0.1) is 0 Å². The third kappa shape index (κ3) is 1.05. The molecule has 3 rings (SSSR count). The van der Waals surface area contributed by atoms with E-state index in [9.17, 15) is 0 Å². The fraction of sp³-hybridized carbons (Fsp3) is 1.00. The van der Waals surface area contributed by atoms with E-state index < -0.39 is 0 Å². The molecule has 0 spiro atoms. The van der Waals surface area contributed by atoms with Crippen molar-refractivity contribution in [1.82, 2.24) is 0 Å². The van der Waals surface area contributed by atoms with Crippen LogP contribution in [-0.4, -0.2) is 7.85 Å². The zero-order valence-corrected chi connectivity index (χ0v) is 8.84. The van der Waals surface area contributed by atoms with E-state index in [-0.39, 0.29) is 0 Å². The number of rotatable bonds is 4. The summed E-state index contributed by atoms with van der Waals surface area (Å²) in [6.07, 6.45) is 10.8. The predicted octanol–water partition coefficient (Wildman–Crippen LogP) is 2.50. The highest BCUT2D eigenvalue weighted by Gasteiger charge is 2.62. The Kier molecular flexibility index (Phi) is 1.96. The molecule has 5 unspecified atom stereocenters. The van der Waals surface area contributed by atoms with E-state index >= 15 is 0 Å². The van der Waals surface area contributed by atoms with Gasteiger partial charge in [-0.05, 0) is 48.9 Å². The molecule has 0 aromatic heterocycles. The first kappa shape index (κ1) is 8.38. The molecule has 5 atom stereocenters. The molecule has 1 heteroatoms. The van der Waals surface area contributed by atoms with Crippen LogP contribution in [-0.2, 0) is 0 Å². The summed E-state index contributed by atoms with van der Waals surface area (Å²) < 4.78 is 0. The molecule has 0 amide bonds. The van der Waals surface area contributed by atoms with Gasteiger partial charge in [-0.3, -0.25) is 0 Å². The maximum Gasteiger partial charge on any atom is 0.101 e. The Hall–Kier alpha value is 0.0649. The molecule has 0 aliphatic heterocycles. The van der Waals surface area contributed by atoms with Gasteiger partial charge in [0.05, 0.1) is 0 Å². The number of hydrogen-bond acceptors (Lipinski definition) is 0. The van der Waals surface area contributed by atoms with Crippen LogP contribution in [0.15, 0.2) is 0 Å². The van der Waals surface area contributed by atoms with E-state index in [2.05, 4.69) is 7.85 Å². The summed E-state index contributed by atoms with van der Waals surface area (Å²) in [6, 6.07) is 0. The van der Waals surface area contributed by atoms with E-state index in [4.69, 9.17) is 0 Å². The molecule has 0 radical (unpaired) electrons. The first-order valence-electron chi connectivity index (χ1n) is 6.42. The summed E-state index contributed by atoms with van der Waals surface area (Å²) in [7, 11) is 2.31. The lowest BCUT2D eigenvalue weighted by Gasteiger charge is -2.69. The fourth-order valence-electron chi connectivity index (χ4n) is 4.33. The topological polar surface area (TPSA) is 0 Å². The highest BCUT2D eigenvalue weighted by molar-refractivity contribution is 6.08. The normalized spacial score (nSPS) is 50.9. The molecule has 3 fully saturated rings. The molecule has 3 aliphatic rings. The number of hydrogen-bond donors (Lipinski definition) is 0. The van der Waals surface area contributed by atoms with Crippen LogP contribution in [0.25, 0.3) is 0 Å². The number of unbranched alkanes of at least 4 members (excludes halogenated alkanes) is 1. The van der Waals surface area contributed by atoms with Crippen molar-refractivity contribution in [2.75, 3.05) is 0 Å². The Labute approximate surface area is 82.9 Å². The van der Waals surface area contributed by atoms with Crippen molar-refractivity contribution in [2.45, 2.75) is 44.8 Å². The lowest BCUT2D eigenvalue weighted by molar-refractivity contribution is -0.207. The van der Waals surface area contributed by atoms with Gasteiger partial charge in [0.2, 0.25) is 0 Å². The molecule has 0 saturated heterocycles. The zero-order valence-electron chi connectivity index (χ0n) is 8.84. The van der Waals surface area contributed by atoms with Crippen LogP contribution in [0.1, 0.15) is 38.5 Å². The molecular formula is C12H21B. The SMILES string of the molecule is BCCCCC1CC2C3CCC3C12. The van der Waals surface area contributed by atoms with Crippen LogP contribution in [0.2, 0.25) is 6.32 Å². The average molecular weight is 176 g/mol. The first-order valence-corrected chi connectivity index (χ1v) is 6.42. The van der Waals surface area contributed by atoms with Crippen LogP contribution in [0.5, 0.6) is 0 Å². The molecule has 3 aliphatic carbocycles. The van der Waals surface area contributed by atoms with Crippen molar-refractivity contribution in [3.8, 4) is 0 Å². The van der Waals surface area contributed by atoms with Gasteiger partial charge in [-0.1, -0.05) is 25.6 Å². The minimum atomic E-state index is 1.18. The lowest BCUT2D eigenvalue weighted by Crippen LogP contribution is -2.63. The Morgan fingerprint density at radius 1 is 1.00 bits per heavy atom. The Morgan fingerprint density at radius 3 is 2.46 bits per heavy atom. The van der Waals surface area contributed by atoms with Crippen molar-refractivity contribution in [2.24, 2.45) is 29.6 Å². The van der Waals surface area contributed by atoms with E-state index in [1.165, 1.54) is 48.8 Å². The Morgan fingerprint density at radius 2 is 1.85 bits per heavy atom. The molecular weight excluding hydrogens is 155 g/mol. The monoisotopic (exact) mass is 176 g/mol. The molecule has 0 aromatic rings. The summed E-state index contributed by atoms with van der Waals surface area (Å²) in [5.41, 5.74) is 0. The average Bonchev–Trinajstić information content (AvgIpc) is 2.09. The Balaban J connectivity index is 1.44. The minimum absolute atomic E-state index is 1.18. The van der Waals surface area contributed by atoms with Crippen LogP contribution in [0.4, 0.5) is 0 Å². The third-order valence-electron chi connectivity index (χ3n) is 5.22.